The van der Waals surface area contributed by atoms with E-state index in [9.17, 15) is 0 Å². The van der Waals surface area contributed by atoms with E-state index < -0.39 is 0 Å². The quantitative estimate of drug-likeness (QED) is 0.770. The molecule has 1 aliphatic carbocycles. The van der Waals surface area contributed by atoms with Gasteiger partial charge in [0.1, 0.15) is 5.76 Å². The van der Waals surface area contributed by atoms with Crippen LogP contribution in [0.3, 0.4) is 0 Å². The second-order valence-electron chi connectivity index (χ2n) is 5.77. The Balaban J connectivity index is 2.12. The molecule has 0 aromatic carbocycles. The fourth-order valence-corrected chi connectivity index (χ4v) is 3.31. The third-order valence-corrected chi connectivity index (χ3v) is 4.27. The lowest BCUT2D eigenvalue weighted by Crippen LogP contribution is -2.40. The van der Waals surface area contributed by atoms with Crippen LogP contribution in [-0.2, 0) is 4.74 Å². The van der Waals surface area contributed by atoms with Crippen molar-refractivity contribution in [3.05, 3.63) is 24.2 Å². The van der Waals surface area contributed by atoms with E-state index in [2.05, 4.69) is 25.2 Å². The fourth-order valence-electron chi connectivity index (χ4n) is 3.31. The highest BCUT2D eigenvalue weighted by Crippen LogP contribution is 2.34. The Morgan fingerprint density at radius 2 is 2.10 bits per heavy atom. The van der Waals surface area contributed by atoms with E-state index in [0.717, 1.165) is 25.3 Å². The van der Waals surface area contributed by atoms with Crippen LogP contribution in [0, 0.1) is 5.92 Å². The minimum Gasteiger partial charge on any atom is -0.468 e. The average Bonchev–Trinajstić information content (AvgIpc) is 3.01. The van der Waals surface area contributed by atoms with Crippen LogP contribution in [-0.4, -0.2) is 19.3 Å². The van der Waals surface area contributed by atoms with Crippen molar-refractivity contribution in [1.29, 1.82) is 0 Å². The van der Waals surface area contributed by atoms with Gasteiger partial charge in [0.05, 0.1) is 18.4 Å². The Hall–Kier alpha value is -0.800. The van der Waals surface area contributed by atoms with Crippen molar-refractivity contribution in [2.24, 2.45) is 5.92 Å². The minimum atomic E-state index is 0.188. The molecule has 20 heavy (non-hydrogen) atoms. The first-order valence-electron chi connectivity index (χ1n) is 8.25. The first-order chi connectivity index (χ1) is 9.86. The summed E-state index contributed by atoms with van der Waals surface area (Å²) in [5.41, 5.74) is 0. The molecular weight excluding hydrogens is 250 g/mol. The Kier molecular flexibility index (Phi) is 6.61. The second kappa shape index (κ2) is 8.48. The predicted molar refractivity (Wildman–Crippen MR) is 81.7 cm³/mol. The van der Waals surface area contributed by atoms with E-state index in [1.54, 1.807) is 6.26 Å². The highest BCUT2D eigenvalue weighted by atomic mass is 16.5. The van der Waals surface area contributed by atoms with Gasteiger partial charge in [-0.25, -0.2) is 0 Å². The summed E-state index contributed by atoms with van der Waals surface area (Å²) in [5, 5.41) is 3.64. The molecule has 1 fully saturated rings. The third-order valence-electron chi connectivity index (χ3n) is 4.27. The maximum atomic E-state index is 6.14. The predicted octanol–water partition coefficient (Wildman–Crippen LogP) is 4.31. The number of ether oxygens (including phenoxy) is 1. The van der Waals surface area contributed by atoms with Gasteiger partial charge < -0.3 is 14.5 Å². The minimum absolute atomic E-state index is 0.188. The molecule has 3 heteroatoms. The summed E-state index contributed by atoms with van der Waals surface area (Å²) in [5.74, 6) is 1.67. The number of nitrogens with one attached hydrogen (secondary N) is 1. The van der Waals surface area contributed by atoms with Gasteiger partial charge in [-0.2, -0.15) is 0 Å². The van der Waals surface area contributed by atoms with Crippen molar-refractivity contribution in [2.45, 2.75) is 64.5 Å². The molecule has 2 rings (SSSR count). The molecule has 1 N–H and O–H groups in total. The zero-order valence-electron chi connectivity index (χ0n) is 12.9. The van der Waals surface area contributed by atoms with E-state index in [0.29, 0.717) is 5.92 Å². The first-order valence-corrected chi connectivity index (χ1v) is 8.25. The number of rotatable bonds is 8. The molecule has 0 radical (unpaired) electrons. The van der Waals surface area contributed by atoms with Crippen LogP contribution < -0.4 is 5.32 Å². The highest BCUT2D eigenvalue weighted by Gasteiger charge is 2.33. The van der Waals surface area contributed by atoms with E-state index in [4.69, 9.17) is 9.15 Å². The summed E-state index contributed by atoms with van der Waals surface area (Å²) >= 11 is 0. The molecule has 0 amide bonds. The number of hydrogen-bond donors (Lipinski definition) is 1. The van der Waals surface area contributed by atoms with Crippen LogP contribution in [0.15, 0.2) is 22.8 Å². The van der Waals surface area contributed by atoms with Crippen LogP contribution in [0.5, 0.6) is 0 Å². The van der Waals surface area contributed by atoms with E-state index in [1.807, 2.05) is 6.07 Å². The zero-order chi connectivity index (χ0) is 14.2. The van der Waals surface area contributed by atoms with E-state index in [-0.39, 0.29) is 12.1 Å². The molecular formula is C17H29NO2. The Labute approximate surface area is 123 Å². The Bertz CT molecular complexity index is 344. The van der Waals surface area contributed by atoms with Crippen LogP contribution >= 0.6 is 0 Å². The molecule has 1 heterocycles. The summed E-state index contributed by atoms with van der Waals surface area (Å²) in [6.45, 7) is 6.06. The smallest absolute Gasteiger partial charge is 0.123 e. The molecule has 1 saturated carbocycles. The Morgan fingerprint density at radius 1 is 1.30 bits per heavy atom. The summed E-state index contributed by atoms with van der Waals surface area (Å²) in [4.78, 5) is 0. The molecule has 0 spiro atoms. The van der Waals surface area contributed by atoms with Crippen molar-refractivity contribution in [3.8, 4) is 0 Å². The van der Waals surface area contributed by atoms with E-state index in [1.165, 1.54) is 32.1 Å². The highest BCUT2D eigenvalue weighted by molar-refractivity contribution is 5.08. The lowest BCUT2D eigenvalue weighted by atomic mass is 9.82. The van der Waals surface area contributed by atoms with Gasteiger partial charge in [-0.1, -0.05) is 26.2 Å². The molecule has 1 aromatic rings. The van der Waals surface area contributed by atoms with Crippen molar-refractivity contribution >= 4 is 0 Å². The van der Waals surface area contributed by atoms with Gasteiger partial charge in [-0.3, -0.25) is 0 Å². The van der Waals surface area contributed by atoms with Crippen molar-refractivity contribution in [1.82, 2.24) is 5.32 Å². The lowest BCUT2D eigenvalue weighted by Gasteiger charge is -2.35. The molecule has 114 valence electrons. The molecule has 0 aliphatic heterocycles. The van der Waals surface area contributed by atoms with Crippen molar-refractivity contribution < 1.29 is 9.15 Å². The summed E-state index contributed by atoms with van der Waals surface area (Å²) < 4.78 is 11.8. The number of furan rings is 1. The molecule has 2 unspecified atom stereocenters. The summed E-state index contributed by atoms with van der Waals surface area (Å²) in [6.07, 6.45) is 9.76. The monoisotopic (exact) mass is 279 g/mol. The van der Waals surface area contributed by atoms with E-state index >= 15 is 0 Å². The average molecular weight is 279 g/mol. The fraction of sp³-hybridized carbons (Fsp3) is 0.765. The SMILES string of the molecule is CCCNC(c1ccco1)C(OCC)C1CCCCC1. The van der Waals surface area contributed by atoms with Gasteiger partial charge in [0.25, 0.3) is 0 Å². The molecule has 1 aliphatic rings. The second-order valence-corrected chi connectivity index (χ2v) is 5.77. The largest absolute Gasteiger partial charge is 0.468 e. The van der Waals surface area contributed by atoms with Gasteiger partial charge in [0, 0.05) is 6.61 Å². The Morgan fingerprint density at radius 3 is 2.70 bits per heavy atom. The normalized spacial score (nSPS) is 19.9. The van der Waals surface area contributed by atoms with Crippen LogP contribution in [0.4, 0.5) is 0 Å². The molecule has 0 saturated heterocycles. The van der Waals surface area contributed by atoms with Crippen LogP contribution in [0.2, 0.25) is 0 Å². The molecule has 3 nitrogen and oxygen atoms in total. The van der Waals surface area contributed by atoms with Crippen LogP contribution in [0.25, 0.3) is 0 Å². The van der Waals surface area contributed by atoms with Crippen LogP contribution in [0.1, 0.15) is 64.2 Å². The van der Waals surface area contributed by atoms with Gasteiger partial charge in [-0.15, -0.1) is 0 Å². The molecule has 0 bridgehead atoms. The number of hydrogen-bond acceptors (Lipinski definition) is 3. The molecule has 1 aromatic heterocycles. The van der Waals surface area contributed by atoms with Crippen molar-refractivity contribution in [2.75, 3.05) is 13.2 Å². The lowest BCUT2D eigenvalue weighted by molar-refractivity contribution is -0.0228. The molecule has 2 atom stereocenters. The van der Waals surface area contributed by atoms with Gasteiger partial charge in [0.2, 0.25) is 0 Å². The summed E-state index contributed by atoms with van der Waals surface area (Å²) in [7, 11) is 0. The zero-order valence-corrected chi connectivity index (χ0v) is 12.9. The maximum absolute atomic E-state index is 6.14. The standard InChI is InChI=1S/C17H29NO2/c1-3-12-18-16(15-11-8-13-20-15)17(19-4-2)14-9-6-5-7-10-14/h8,11,13-14,16-18H,3-7,9-10,12H2,1-2H3. The van der Waals surface area contributed by atoms with Crippen molar-refractivity contribution in [3.63, 3.8) is 0 Å². The van der Waals surface area contributed by atoms with Gasteiger partial charge in [-0.05, 0) is 50.8 Å². The first kappa shape index (κ1) is 15.6. The topological polar surface area (TPSA) is 34.4 Å². The summed E-state index contributed by atoms with van der Waals surface area (Å²) in [6, 6.07) is 4.23. The maximum Gasteiger partial charge on any atom is 0.123 e. The third kappa shape index (κ3) is 4.10. The van der Waals surface area contributed by atoms with Gasteiger partial charge in [0.15, 0.2) is 0 Å². The van der Waals surface area contributed by atoms with Gasteiger partial charge >= 0.3 is 0 Å².